The van der Waals surface area contributed by atoms with Gasteiger partial charge in [-0.15, -0.1) is 0 Å². The number of benzene rings is 1. The summed E-state index contributed by atoms with van der Waals surface area (Å²) < 4.78 is 44.9. The van der Waals surface area contributed by atoms with Gasteiger partial charge in [0.1, 0.15) is 6.10 Å². The molecule has 1 aromatic heterocycles. The van der Waals surface area contributed by atoms with Crippen LogP contribution in [-0.2, 0) is 6.18 Å². The number of ether oxygens (including phenoxy) is 1. The van der Waals surface area contributed by atoms with Crippen molar-refractivity contribution in [2.45, 2.75) is 25.1 Å². The van der Waals surface area contributed by atoms with Crippen molar-refractivity contribution in [2.24, 2.45) is 0 Å². The van der Waals surface area contributed by atoms with Crippen LogP contribution in [0.5, 0.6) is 5.88 Å². The minimum atomic E-state index is -4.38. The van der Waals surface area contributed by atoms with Crippen molar-refractivity contribution in [2.75, 3.05) is 13.1 Å². The molecule has 0 atom stereocenters. The van der Waals surface area contributed by atoms with Crippen LogP contribution in [0.3, 0.4) is 0 Å². The van der Waals surface area contributed by atoms with Gasteiger partial charge in [-0.1, -0.05) is 6.07 Å². The van der Waals surface area contributed by atoms with Crippen molar-refractivity contribution in [3.8, 4) is 5.88 Å². The smallest absolute Gasteiger partial charge is 0.417 e. The van der Waals surface area contributed by atoms with Crippen molar-refractivity contribution in [1.29, 1.82) is 0 Å². The third kappa shape index (κ3) is 2.95. The summed E-state index contributed by atoms with van der Waals surface area (Å²) in [5, 5.41) is 3.75. The number of nitrogens with one attached hydrogen (secondary N) is 1. The second-order valence-corrected chi connectivity index (χ2v) is 5.08. The highest BCUT2D eigenvalue weighted by Crippen LogP contribution is 2.37. The van der Waals surface area contributed by atoms with Crippen molar-refractivity contribution in [1.82, 2.24) is 10.3 Å². The Bertz CT molecular complexity index is 636. The molecule has 1 fully saturated rings. The maximum atomic E-state index is 13.0. The van der Waals surface area contributed by atoms with Gasteiger partial charge in [0.05, 0.1) is 5.56 Å². The number of aromatic nitrogens is 1. The minimum absolute atomic E-state index is 0.00103. The quantitative estimate of drug-likeness (QED) is 0.922. The molecular formula is C15H15F3N2O. The Morgan fingerprint density at radius 2 is 1.86 bits per heavy atom. The van der Waals surface area contributed by atoms with Gasteiger partial charge in [0.25, 0.3) is 0 Å². The first-order valence-electron chi connectivity index (χ1n) is 6.88. The molecule has 3 rings (SSSR count). The van der Waals surface area contributed by atoms with Crippen molar-refractivity contribution in [3.63, 3.8) is 0 Å². The molecule has 1 aromatic carbocycles. The molecule has 1 aliphatic rings. The van der Waals surface area contributed by atoms with E-state index in [1.54, 1.807) is 6.07 Å². The number of rotatable bonds is 2. The maximum Gasteiger partial charge on any atom is 0.417 e. The zero-order valence-electron chi connectivity index (χ0n) is 11.3. The third-order valence-electron chi connectivity index (χ3n) is 3.64. The molecule has 0 bridgehead atoms. The van der Waals surface area contributed by atoms with Gasteiger partial charge < -0.3 is 10.1 Å². The lowest BCUT2D eigenvalue weighted by atomic mass is 10.1. The summed E-state index contributed by atoms with van der Waals surface area (Å²) in [6, 6.07) is 5.47. The number of alkyl halides is 3. The molecule has 0 amide bonds. The van der Waals surface area contributed by atoms with Gasteiger partial charge in [-0.25, -0.2) is 4.98 Å². The number of fused-ring (bicyclic) bond motifs is 1. The number of piperidine rings is 1. The van der Waals surface area contributed by atoms with E-state index in [0.29, 0.717) is 5.39 Å². The zero-order chi connectivity index (χ0) is 14.9. The minimum Gasteiger partial charge on any atom is -0.474 e. The zero-order valence-corrected chi connectivity index (χ0v) is 11.3. The summed E-state index contributed by atoms with van der Waals surface area (Å²) in [6.45, 7) is 1.70. The van der Waals surface area contributed by atoms with Gasteiger partial charge in [-0.05, 0) is 44.1 Å². The van der Waals surface area contributed by atoms with Crippen LogP contribution in [0, 0.1) is 0 Å². The molecule has 2 aromatic rings. The summed E-state index contributed by atoms with van der Waals surface area (Å²) in [6.07, 6.45) is -1.35. The molecule has 2 heterocycles. The van der Waals surface area contributed by atoms with Crippen LogP contribution in [-0.4, -0.2) is 24.2 Å². The van der Waals surface area contributed by atoms with Crippen LogP contribution in [0.4, 0.5) is 13.2 Å². The monoisotopic (exact) mass is 296 g/mol. The number of pyridine rings is 1. The molecule has 1 N–H and O–H groups in total. The second kappa shape index (κ2) is 5.52. The molecule has 0 saturated carbocycles. The Morgan fingerprint density at radius 3 is 2.57 bits per heavy atom. The Morgan fingerprint density at radius 1 is 1.10 bits per heavy atom. The predicted molar refractivity (Wildman–Crippen MR) is 73.3 cm³/mol. The topological polar surface area (TPSA) is 34.1 Å². The van der Waals surface area contributed by atoms with E-state index < -0.39 is 11.7 Å². The molecule has 0 radical (unpaired) electrons. The molecule has 6 heteroatoms. The number of hydrogen-bond donors (Lipinski definition) is 1. The highest BCUT2D eigenvalue weighted by molar-refractivity contribution is 5.89. The predicted octanol–water partition coefficient (Wildman–Crippen LogP) is 3.38. The molecule has 0 aliphatic carbocycles. The largest absolute Gasteiger partial charge is 0.474 e. The van der Waals surface area contributed by atoms with E-state index in [4.69, 9.17) is 4.74 Å². The van der Waals surface area contributed by atoms with E-state index in [-0.39, 0.29) is 17.4 Å². The van der Waals surface area contributed by atoms with Gasteiger partial charge in [0.15, 0.2) is 0 Å². The lowest BCUT2D eigenvalue weighted by Gasteiger charge is -2.24. The normalized spacial score (nSPS) is 17.1. The maximum absolute atomic E-state index is 13.0. The summed E-state index contributed by atoms with van der Waals surface area (Å²) in [7, 11) is 0. The van der Waals surface area contributed by atoms with Crippen LogP contribution in [0.1, 0.15) is 18.4 Å². The molecular weight excluding hydrogens is 281 g/mol. The van der Waals surface area contributed by atoms with Crippen molar-refractivity contribution < 1.29 is 17.9 Å². The molecule has 0 spiro atoms. The molecule has 3 nitrogen and oxygen atoms in total. The average Bonchev–Trinajstić information content (AvgIpc) is 2.47. The van der Waals surface area contributed by atoms with Gasteiger partial charge in [-0.2, -0.15) is 13.2 Å². The highest BCUT2D eigenvalue weighted by Gasteiger charge is 2.32. The van der Waals surface area contributed by atoms with Gasteiger partial charge in [-0.3, -0.25) is 0 Å². The fourth-order valence-electron chi connectivity index (χ4n) is 2.59. The van der Waals surface area contributed by atoms with E-state index in [0.717, 1.165) is 32.0 Å². The SMILES string of the molecule is FC(F)(F)c1cccc2c(OC3CCNCC3)nccc12. The molecule has 21 heavy (non-hydrogen) atoms. The summed E-state index contributed by atoms with van der Waals surface area (Å²) in [5.74, 6) is 0.283. The standard InChI is InChI=1S/C15H15F3N2O/c16-15(17,18)13-3-1-2-12-11(13)6-9-20-14(12)21-10-4-7-19-8-5-10/h1-3,6,9-10,19H,4-5,7-8H2. The molecule has 0 unspecified atom stereocenters. The van der Waals surface area contributed by atoms with E-state index in [9.17, 15) is 13.2 Å². The number of hydrogen-bond acceptors (Lipinski definition) is 3. The summed E-state index contributed by atoms with van der Waals surface area (Å²) >= 11 is 0. The lowest BCUT2D eigenvalue weighted by molar-refractivity contribution is -0.136. The average molecular weight is 296 g/mol. The summed E-state index contributed by atoms with van der Waals surface area (Å²) in [5.41, 5.74) is -0.655. The Hall–Kier alpha value is -1.82. The van der Waals surface area contributed by atoms with Crippen LogP contribution in [0.15, 0.2) is 30.5 Å². The van der Waals surface area contributed by atoms with E-state index in [1.165, 1.54) is 18.3 Å². The van der Waals surface area contributed by atoms with Gasteiger partial charge >= 0.3 is 6.18 Å². The first-order chi connectivity index (χ1) is 10.1. The fraction of sp³-hybridized carbons (Fsp3) is 0.400. The first-order valence-corrected chi connectivity index (χ1v) is 6.88. The van der Waals surface area contributed by atoms with E-state index >= 15 is 0 Å². The third-order valence-corrected chi connectivity index (χ3v) is 3.64. The van der Waals surface area contributed by atoms with E-state index in [1.807, 2.05) is 0 Å². The second-order valence-electron chi connectivity index (χ2n) is 5.08. The summed E-state index contributed by atoms with van der Waals surface area (Å²) in [4.78, 5) is 4.11. The lowest BCUT2D eigenvalue weighted by Crippen LogP contribution is -2.34. The Labute approximate surface area is 120 Å². The van der Waals surface area contributed by atoms with Gasteiger partial charge in [0.2, 0.25) is 5.88 Å². The Balaban J connectivity index is 2.00. The number of nitrogens with zero attached hydrogens (tertiary/aromatic N) is 1. The number of halogens is 3. The van der Waals surface area contributed by atoms with Crippen LogP contribution in [0.25, 0.3) is 10.8 Å². The van der Waals surface area contributed by atoms with Crippen LogP contribution in [0.2, 0.25) is 0 Å². The van der Waals surface area contributed by atoms with Crippen LogP contribution < -0.4 is 10.1 Å². The van der Waals surface area contributed by atoms with Crippen molar-refractivity contribution in [3.05, 3.63) is 36.0 Å². The van der Waals surface area contributed by atoms with Gasteiger partial charge in [0, 0.05) is 17.0 Å². The fourth-order valence-corrected chi connectivity index (χ4v) is 2.59. The first kappa shape index (κ1) is 14.1. The van der Waals surface area contributed by atoms with E-state index in [2.05, 4.69) is 10.3 Å². The highest BCUT2D eigenvalue weighted by atomic mass is 19.4. The van der Waals surface area contributed by atoms with Crippen LogP contribution >= 0.6 is 0 Å². The Kier molecular flexibility index (Phi) is 3.71. The molecule has 1 aliphatic heterocycles. The molecule has 1 saturated heterocycles. The van der Waals surface area contributed by atoms with Crippen molar-refractivity contribution >= 4 is 10.8 Å². The molecule has 112 valence electrons.